The van der Waals surface area contributed by atoms with E-state index in [0.717, 1.165) is 0 Å². The summed E-state index contributed by atoms with van der Waals surface area (Å²) in [6.07, 6.45) is -0.505. The predicted molar refractivity (Wildman–Crippen MR) is 82.3 cm³/mol. The van der Waals surface area contributed by atoms with Gasteiger partial charge in [-0.1, -0.05) is 20.4 Å². The van der Waals surface area contributed by atoms with Crippen molar-refractivity contribution < 1.29 is 34.4 Å². The van der Waals surface area contributed by atoms with E-state index in [1.54, 1.807) is 0 Å². The summed E-state index contributed by atoms with van der Waals surface area (Å²) in [5, 5.41) is 25.1. The van der Waals surface area contributed by atoms with Crippen molar-refractivity contribution in [2.45, 2.75) is 20.3 Å². The van der Waals surface area contributed by atoms with Gasteiger partial charge in [0.15, 0.2) is 0 Å². The van der Waals surface area contributed by atoms with E-state index in [1.807, 2.05) is 13.8 Å². The minimum atomic E-state index is -1.27. The number of benzene rings is 1. The zero-order valence-electron chi connectivity index (χ0n) is 13.0. The average Bonchev–Trinajstić information content (AvgIpc) is 2.45. The number of esters is 1. The monoisotopic (exact) mass is 324 g/mol. The number of aliphatic carboxylic acids is 2. The van der Waals surface area contributed by atoms with E-state index in [0.29, 0.717) is 18.1 Å². The number of aromatic hydroxyl groups is 1. The second-order valence-corrected chi connectivity index (χ2v) is 5.02. The van der Waals surface area contributed by atoms with Gasteiger partial charge in [-0.05, 0) is 30.2 Å². The first-order valence-corrected chi connectivity index (χ1v) is 6.72. The number of phenolic OH excluding ortho intramolecular Hbond substituents is 1. The van der Waals surface area contributed by atoms with Crippen LogP contribution >= 0.6 is 0 Å². The molecule has 1 aromatic rings. The third kappa shape index (κ3) is 9.67. The Balaban J connectivity index is 0.000000468. The van der Waals surface area contributed by atoms with Crippen LogP contribution < -0.4 is 0 Å². The Morgan fingerprint density at radius 3 is 2.00 bits per heavy atom. The smallest absolute Gasteiger partial charge is 0.338 e. The maximum atomic E-state index is 11.4. The van der Waals surface area contributed by atoms with Crippen molar-refractivity contribution in [3.05, 3.63) is 42.0 Å². The normalized spacial score (nSPS) is 9.52. The molecule has 0 radical (unpaired) electrons. The quantitative estimate of drug-likeness (QED) is 0.542. The molecule has 0 heterocycles. The number of carbonyl (C=O) groups excluding carboxylic acids is 1. The average molecular weight is 324 g/mol. The van der Waals surface area contributed by atoms with Gasteiger partial charge >= 0.3 is 17.9 Å². The van der Waals surface area contributed by atoms with Crippen molar-refractivity contribution >= 4 is 17.9 Å². The van der Waals surface area contributed by atoms with Gasteiger partial charge in [0.05, 0.1) is 18.6 Å². The molecule has 3 N–H and O–H groups in total. The van der Waals surface area contributed by atoms with Gasteiger partial charge in [-0.2, -0.15) is 0 Å². The van der Waals surface area contributed by atoms with Crippen LogP contribution in [0.2, 0.25) is 0 Å². The molecule has 0 fully saturated rings. The van der Waals surface area contributed by atoms with Crippen LogP contribution in [0.4, 0.5) is 0 Å². The summed E-state index contributed by atoms with van der Waals surface area (Å²) in [5.74, 6) is -2.32. The highest BCUT2D eigenvalue weighted by molar-refractivity contribution is 5.91. The van der Waals surface area contributed by atoms with Crippen molar-refractivity contribution in [3.8, 4) is 5.75 Å². The largest absolute Gasteiger partial charge is 0.508 e. The molecule has 7 heteroatoms. The molecule has 0 atom stereocenters. The highest BCUT2D eigenvalue weighted by atomic mass is 16.5. The van der Waals surface area contributed by atoms with Crippen molar-refractivity contribution in [2.24, 2.45) is 5.92 Å². The molecule has 0 saturated heterocycles. The number of phenols is 1. The van der Waals surface area contributed by atoms with E-state index in [-0.39, 0.29) is 17.3 Å². The SMILES string of the molecule is C=C(CC(=O)O)C(=O)O.CC(C)COC(=O)c1ccc(O)cc1. The molecule has 0 aromatic heterocycles. The summed E-state index contributed by atoms with van der Waals surface area (Å²) in [6.45, 7) is 7.38. The number of carboxylic acid groups (broad SMARTS) is 2. The van der Waals surface area contributed by atoms with Gasteiger partial charge in [-0.15, -0.1) is 0 Å². The molecule has 0 bridgehead atoms. The molecule has 0 unspecified atom stereocenters. The van der Waals surface area contributed by atoms with E-state index < -0.39 is 18.4 Å². The second kappa shape index (κ2) is 9.99. The van der Waals surface area contributed by atoms with Gasteiger partial charge in [0, 0.05) is 5.57 Å². The number of carbonyl (C=O) groups is 3. The van der Waals surface area contributed by atoms with Crippen LogP contribution in [0.3, 0.4) is 0 Å². The molecule has 0 amide bonds. The fraction of sp³-hybridized carbons (Fsp3) is 0.312. The molecule has 1 rings (SSSR count). The van der Waals surface area contributed by atoms with Gasteiger partial charge in [0.25, 0.3) is 0 Å². The second-order valence-electron chi connectivity index (χ2n) is 5.02. The Labute approximate surface area is 133 Å². The standard InChI is InChI=1S/C11H14O3.C5H6O4/c1-8(2)7-14-11(13)9-3-5-10(12)6-4-9;1-3(5(8)9)2-4(6)7/h3-6,8,12H,7H2,1-2H3;1-2H2,(H,6,7)(H,8,9). The fourth-order valence-corrected chi connectivity index (χ4v) is 1.18. The first kappa shape index (κ1) is 20.2. The van der Waals surface area contributed by atoms with Crippen molar-refractivity contribution in [1.82, 2.24) is 0 Å². The molecule has 7 nitrogen and oxygen atoms in total. The lowest BCUT2D eigenvalue weighted by Crippen LogP contribution is -2.09. The minimum absolute atomic E-state index is 0.144. The third-order valence-electron chi connectivity index (χ3n) is 2.32. The summed E-state index contributed by atoms with van der Waals surface area (Å²) in [7, 11) is 0. The lowest BCUT2D eigenvalue weighted by Gasteiger charge is -2.06. The van der Waals surface area contributed by atoms with Crippen LogP contribution in [-0.2, 0) is 14.3 Å². The molecule has 0 aliphatic rings. The lowest BCUT2D eigenvalue weighted by atomic mass is 10.2. The molecule has 0 saturated carbocycles. The van der Waals surface area contributed by atoms with Gasteiger partial charge in [0.1, 0.15) is 5.75 Å². The number of carboxylic acids is 2. The number of rotatable bonds is 6. The van der Waals surface area contributed by atoms with Crippen LogP contribution in [0.1, 0.15) is 30.6 Å². The first-order chi connectivity index (χ1) is 10.6. The lowest BCUT2D eigenvalue weighted by molar-refractivity contribution is -0.139. The molecular formula is C16H20O7. The van der Waals surface area contributed by atoms with E-state index in [4.69, 9.17) is 20.1 Å². The van der Waals surface area contributed by atoms with Gasteiger partial charge < -0.3 is 20.1 Å². The van der Waals surface area contributed by atoms with E-state index in [1.165, 1.54) is 24.3 Å². The Morgan fingerprint density at radius 2 is 1.65 bits per heavy atom. The minimum Gasteiger partial charge on any atom is -0.508 e. The highest BCUT2D eigenvalue weighted by Crippen LogP contribution is 2.10. The van der Waals surface area contributed by atoms with Gasteiger partial charge in [0.2, 0.25) is 0 Å². The summed E-state index contributed by atoms with van der Waals surface area (Å²) in [4.78, 5) is 31.0. The Bertz CT molecular complexity index is 558. The van der Waals surface area contributed by atoms with Crippen LogP contribution in [-0.4, -0.2) is 39.8 Å². The molecule has 23 heavy (non-hydrogen) atoms. The van der Waals surface area contributed by atoms with Gasteiger partial charge in [-0.3, -0.25) is 4.79 Å². The number of hydrogen-bond donors (Lipinski definition) is 3. The predicted octanol–water partition coefficient (Wildman–Crippen LogP) is 2.31. The Hall–Kier alpha value is -2.83. The maximum Gasteiger partial charge on any atom is 0.338 e. The van der Waals surface area contributed by atoms with Crippen LogP contribution in [0.15, 0.2) is 36.4 Å². The third-order valence-corrected chi connectivity index (χ3v) is 2.32. The van der Waals surface area contributed by atoms with E-state index >= 15 is 0 Å². The molecule has 0 aliphatic carbocycles. The van der Waals surface area contributed by atoms with Crippen molar-refractivity contribution in [1.29, 1.82) is 0 Å². The van der Waals surface area contributed by atoms with E-state index in [2.05, 4.69) is 6.58 Å². The van der Waals surface area contributed by atoms with Crippen molar-refractivity contribution in [3.63, 3.8) is 0 Å². The van der Waals surface area contributed by atoms with Crippen LogP contribution in [0, 0.1) is 5.92 Å². The van der Waals surface area contributed by atoms with Crippen LogP contribution in [0.5, 0.6) is 5.75 Å². The number of hydrogen-bond acceptors (Lipinski definition) is 5. The molecule has 1 aromatic carbocycles. The fourth-order valence-electron chi connectivity index (χ4n) is 1.18. The Morgan fingerprint density at radius 1 is 1.13 bits per heavy atom. The zero-order valence-corrected chi connectivity index (χ0v) is 13.0. The summed E-state index contributed by atoms with van der Waals surface area (Å²) < 4.78 is 5.01. The van der Waals surface area contributed by atoms with Gasteiger partial charge in [-0.25, -0.2) is 9.59 Å². The van der Waals surface area contributed by atoms with Crippen molar-refractivity contribution in [2.75, 3.05) is 6.61 Å². The maximum absolute atomic E-state index is 11.4. The molecular weight excluding hydrogens is 304 g/mol. The zero-order chi connectivity index (χ0) is 18.0. The summed E-state index contributed by atoms with van der Waals surface area (Å²) in [6, 6.07) is 6.01. The molecule has 0 spiro atoms. The van der Waals surface area contributed by atoms with E-state index in [9.17, 15) is 14.4 Å². The topological polar surface area (TPSA) is 121 Å². The Kier molecular flexibility index (Phi) is 8.76. The summed E-state index contributed by atoms with van der Waals surface area (Å²) in [5.41, 5.74) is 0.158. The summed E-state index contributed by atoms with van der Waals surface area (Å²) >= 11 is 0. The molecule has 126 valence electrons. The van der Waals surface area contributed by atoms with Crippen LogP contribution in [0.25, 0.3) is 0 Å². The molecule has 0 aliphatic heterocycles. The first-order valence-electron chi connectivity index (χ1n) is 6.72. The number of ether oxygens (including phenoxy) is 1. The highest BCUT2D eigenvalue weighted by Gasteiger charge is 2.08.